The molecule has 86 valence electrons. The van der Waals surface area contributed by atoms with E-state index in [9.17, 15) is 0 Å². The van der Waals surface area contributed by atoms with Gasteiger partial charge in [0.15, 0.2) is 0 Å². The molecule has 1 fully saturated rings. The lowest BCUT2D eigenvalue weighted by Crippen LogP contribution is -2.21. The summed E-state index contributed by atoms with van der Waals surface area (Å²) in [6.07, 6.45) is 5.97. The van der Waals surface area contributed by atoms with Crippen LogP contribution in [-0.2, 0) is 11.3 Å². The van der Waals surface area contributed by atoms with Crippen LogP contribution < -0.4 is 4.74 Å². The van der Waals surface area contributed by atoms with Gasteiger partial charge in [-0.2, -0.15) is 0 Å². The molecule has 2 heteroatoms. The van der Waals surface area contributed by atoms with Gasteiger partial charge in [-0.15, -0.1) is 0 Å². The van der Waals surface area contributed by atoms with E-state index in [4.69, 9.17) is 9.47 Å². The van der Waals surface area contributed by atoms with Gasteiger partial charge in [0.2, 0.25) is 0 Å². The summed E-state index contributed by atoms with van der Waals surface area (Å²) in [7, 11) is 0. The summed E-state index contributed by atoms with van der Waals surface area (Å²) >= 11 is 0. The molecule has 16 heavy (non-hydrogen) atoms. The van der Waals surface area contributed by atoms with E-state index >= 15 is 0 Å². The third-order valence-electron chi connectivity index (χ3n) is 2.80. The molecule has 0 heterocycles. The lowest BCUT2D eigenvalue weighted by atomic mass is 9.96. The molecular formula is C14H18O2. The molecule has 0 radical (unpaired) electrons. The lowest BCUT2D eigenvalue weighted by molar-refractivity contribution is -0.00872. The van der Waals surface area contributed by atoms with E-state index in [0.717, 1.165) is 5.75 Å². The minimum atomic E-state index is 0.484. The van der Waals surface area contributed by atoms with Crippen LogP contribution in [0.4, 0.5) is 0 Å². The van der Waals surface area contributed by atoms with Crippen LogP contribution in [0.3, 0.4) is 0 Å². The highest BCUT2D eigenvalue weighted by Gasteiger charge is 2.17. The third-order valence-corrected chi connectivity index (χ3v) is 2.80. The van der Waals surface area contributed by atoms with E-state index in [1.165, 1.54) is 24.8 Å². The Balaban J connectivity index is 1.84. The molecule has 2 rings (SSSR count). The number of ether oxygens (including phenoxy) is 2. The van der Waals surface area contributed by atoms with Crippen LogP contribution in [0.1, 0.15) is 24.8 Å². The predicted molar refractivity (Wildman–Crippen MR) is 64.6 cm³/mol. The summed E-state index contributed by atoms with van der Waals surface area (Å²) < 4.78 is 11.2. The second-order valence-corrected chi connectivity index (χ2v) is 4.11. The van der Waals surface area contributed by atoms with Crippen molar-refractivity contribution in [1.29, 1.82) is 0 Å². The van der Waals surface area contributed by atoms with Crippen LogP contribution in [-0.4, -0.2) is 12.7 Å². The van der Waals surface area contributed by atoms with Gasteiger partial charge in [0.1, 0.15) is 12.4 Å². The van der Waals surface area contributed by atoms with Gasteiger partial charge in [0, 0.05) is 0 Å². The minimum Gasteiger partial charge on any atom is -0.490 e. The van der Waals surface area contributed by atoms with Crippen molar-refractivity contribution in [2.24, 2.45) is 0 Å². The summed E-state index contributed by atoms with van der Waals surface area (Å²) in [6, 6.07) is 8.05. The summed E-state index contributed by atoms with van der Waals surface area (Å²) in [6.45, 7) is 4.87. The van der Waals surface area contributed by atoms with Gasteiger partial charge in [-0.3, -0.25) is 0 Å². The van der Waals surface area contributed by atoms with Crippen molar-refractivity contribution in [2.75, 3.05) is 6.61 Å². The number of benzene rings is 1. The molecule has 1 aromatic rings. The smallest absolute Gasteiger partial charge is 0.120 e. The molecule has 0 N–H and O–H groups in total. The normalized spacial score (nSPS) is 15.5. The van der Waals surface area contributed by atoms with Crippen molar-refractivity contribution in [3.05, 3.63) is 42.5 Å². The van der Waals surface area contributed by atoms with Crippen LogP contribution >= 0.6 is 0 Å². The Bertz CT molecular complexity index is 342. The summed E-state index contributed by atoms with van der Waals surface area (Å²) in [4.78, 5) is 0. The van der Waals surface area contributed by atoms with E-state index < -0.39 is 0 Å². The van der Waals surface area contributed by atoms with Gasteiger partial charge in [-0.1, -0.05) is 24.8 Å². The average Bonchev–Trinajstić information content (AvgIpc) is 2.25. The molecule has 0 aromatic heterocycles. The molecule has 0 unspecified atom stereocenters. The van der Waals surface area contributed by atoms with Crippen molar-refractivity contribution >= 4 is 0 Å². The van der Waals surface area contributed by atoms with Crippen LogP contribution in [0.2, 0.25) is 0 Å². The van der Waals surface area contributed by atoms with E-state index in [1.54, 1.807) is 6.08 Å². The van der Waals surface area contributed by atoms with Crippen molar-refractivity contribution < 1.29 is 9.47 Å². The highest BCUT2D eigenvalue weighted by molar-refractivity contribution is 5.28. The van der Waals surface area contributed by atoms with Gasteiger partial charge < -0.3 is 9.47 Å². The Morgan fingerprint density at radius 2 is 2.25 bits per heavy atom. The lowest BCUT2D eigenvalue weighted by Gasteiger charge is -2.25. The first kappa shape index (κ1) is 11.2. The summed E-state index contributed by atoms with van der Waals surface area (Å²) in [5, 5.41) is 0. The minimum absolute atomic E-state index is 0.484. The van der Waals surface area contributed by atoms with Gasteiger partial charge in [0.25, 0.3) is 0 Å². The standard InChI is InChI=1S/C14H18O2/c1-2-9-15-14-8-3-5-12(10-14)11-16-13-6-4-7-13/h2-3,5,8,10,13H,1,4,6-7,9,11H2. The van der Waals surface area contributed by atoms with Crippen molar-refractivity contribution in [2.45, 2.75) is 32.0 Å². The monoisotopic (exact) mass is 218 g/mol. The molecule has 0 amide bonds. The average molecular weight is 218 g/mol. The van der Waals surface area contributed by atoms with E-state index in [0.29, 0.717) is 19.3 Å². The zero-order valence-corrected chi connectivity index (χ0v) is 9.52. The first-order valence-electron chi connectivity index (χ1n) is 5.83. The highest BCUT2D eigenvalue weighted by atomic mass is 16.5. The zero-order valence-electron chi connectivity index (χ0n) is 9.52. The molecule has 0 aliphatic heterocycles. The molecule has 0 spiro atoms. The first-order chi connectivity index (χ1) is 7.88. The van der Waals surface area contributed by atoms with E-state index in [2.05, 4.69) is 12.6 Å². The maximum atomic E-state index is 5.75. The predicted octanol–water partition coefficient (Wildman–Crippen LogP) is 3.32. The molecule has 2 nitrogen and oxygen atoms in total. The van der Waals surface area contributed by atoms with Crippen LogP contribution in [0.5, 0.6) is 5.75 Å². The quantitative estimate of drug-likeness (QED) is 0.682. The van der Waals surface area contributed by atoms with Crippen molar-refractivity contribution in [3.8, 4) is 5.75 Å². The van der Waals surface area contributed by atoms with Crippen LogP contribution in [0.15, 0.2) is 36.9 Å². The Labute approximate surface area is 96.9 Å². The Kier molecular flexibility index (Phi) is 4.00. The number of hydrogen-bond donors (Lipinski definition) is 0. The molecule has 0 atom stereocenters. The fourth-order valence-electron chi connectivity index (χ4n) is 1.63. The van der Waals surface area contributed by atoms with Crippen LogP contribution in [0.25, 0.3) is 0 Å². The molecule has 1 aliphatic rings. The second-order valence-electron chi connectivity index (χ2n) is 4.11. The maximum absolute atomic E-state index is 5.75. The molecule has 0 bridgehead atoms. The Hall–Kier alpha value is -1.28. The zero-order chi connectivity index (χ0) is 11.2. The SMILES string of the molecule is C=CCOc1cccc(COC2CCC2)c1. The topological polar surface area (TPSA) is 18.5 Å². The Morgan fingerprint density at radius 1 is 1.38 bits per heavy atom. The molecule has 1 aromatic carbocycles. The van der Waals surface area contributed by atoms with E-state index in [-0.39, 0.29) is 0 Å². The first-order valence-corrected chi connectivity index (χ1v) is 5.83. The largest absolute Gasteiger partial charge is 0.490 e. The molecule has 1 saturated carbocycles. The molecular weight excluding hydrogens is 200 g/mol. The Morgan fingerprint density at radius 3 is 2.94 bits per heavy atom. The van der Waals surface area contributed by atoms with Gasteiger partial charge in [-0.05, 0) is 37.0 Å². The molecule has 0 saturated heterocycles. The van der Waals surface area contributed by atoms with E-state index in [1.807, 2.05) is 18.2 Å². The second kappa shape index (κ2) is 5.71. The van der Waals surface area contributed by atoms with Gasteiger partial charge >= 0.3 is 0 Å². The third kappa shape index (κ3) is 3.11. The van der Waals surface area contributed by atoms with Crippen LogP contribution in [0, 0.1) is 0 Å². The summed E-state index contributed by atoms with van der Waals surface area (Å²) in [5.41, 5.74) is 1.17. The van der Waals surface area contributed by atoms with Crippen molar-refractivity contribution in [3.63, 3.8) is 0 Å². The summed E-state index contributed by atoms with van der Waals surface area (Å²) in [5.74, 6) is 0.884. The maximum Gasteiger partial charge on any atom is 0.120 e. The van der Waals surface area contributed by atoms with Gasteiger partial charge in [0.05, 0.1) is 12.7 Å². The number of hydrogen-bond acceptors (Lipinski definition) is 2. The number of rotatable bonds is 6. The van der Waals surface area contributed by atoms with Gasteiger partial charge in [-0.25, -0.2) is 0 Å². The fourth-order valence-corrected chi connectivity index (χ4v) is 1.63. The highest BCUT2D eigenvalue weighted by Crippen LogP contribution is 2.23. The molecule has 1 aliphatic carbocycles. The van der Waals surface area contributed by atoms with Crippen molar-refractivity contribution in [1.82, 2.24) is 0 Å². The fraction of sp³-hybridized carbons (Fsp3) is 0.429.